The van der Waals surface area contributed by atoms with Crippen molar-refractivity contribution in [3.05, 3.63) is 59.2 Å². The standard InChI is InChI=1S/C23H25N3O4/c1-3-18(21-22(27)26-19-9-5-8-17(13-24)20(19)30-21)25-11-10-15-6-4-7-16(12-15)14(2)23(28)29/h4-9,12,14,18,21,25H,3,10-11H2,1-2H3,(H,26,27)(H,28,29)/t14?,18-,21+/m1/s1. The van der Waals surface area contributed by atoms with Gasteiger partial charge in [-0.25, -0.2) is 0 Å². The van der Waals surface area contributed by atoms with E-state index in [1.807, 2.05) is 31.2 Å². The lowest BCUT2D eigenvalue weighted by Crippen LogP contribution is -2.51. The number of ether oxygens (including phenoxy) is 1. The summed E-state index contributed by atoms with van der Waals surface area (Å²) < 4.78 is 5.94. The Bertz CT molecular complexity index is 983. The van der Waals surface area contributed by atoms with Gasteiger partial charge in [0.15, 0.2) is 11.9 Å². The van der Waals surface area contributed by atoms with Crippen molar-refractivity contribution in [3.63, 3.8) is 0 Å². The van der Waals surface area contributed by atoms with E-state index < -0.39 is 18.0 Å². The number of amides is 1. The number of nitrogens with one attached hydrogen (secondary N) is 2. The lowest BCUT2D eigenvalue weighted by Gasteiger charge is -2.32. The van der Waals surface area contributed by atoms with E-state index in [1.165, 1.54) is 0 Å². The molecule has 1 unspecified atom stereocenters. The number of fused-ring (bicyclic) bond motifs is 1. The maximum absolute atomic E-state index is 12.6. The second kappa shape index (κ2) is 9.42. The van der Waals surface area contributed by atoms with Gasteiger partial charge in [-0.05, 0) is 49.6 Å². The number of aliphatic carboxylic acids is 1. The molecule has 7 nitrogen and oxygen atoms in total. The van der Waals surface area contributed by atoms with Crippen LogP contribution in [0.5, 0.6) is 5.75 Å². The van der Waals surface area contributed by atoms with Crippen molar-refractivity contribution in [2.75, 3.05) is 11.9 Å². The molecule has 0 saturated heterocycles. The number of anilines is 1. The predicted octanol–water partition coefficient (Wildman–Crippen LogP) is 3.06. The van der Waals surface area contributed by atoms with Crippen molar-refractivity contribution in [1.82, 2.24) is 5.32 Å². The molecule has 3 rings (SSSR count). The Hall–Kier alpha value is -3.37. The molecule has 30 heavy (non-hydrogen) atoms. The summed E-state index contributed by atoms with van der Waals surface area (Å²) in [6.45, 7) is 4.23. The van der Waals surface area contributed by atoms with Gasteiger partial charge < -0.3 is 20.5 Å². The Morgan fingerprint density at radius 1 is 1.33 bits per heavy atom. The van der Waals surface area contributed by atoms with Gasteiger partial charge in [-0.15, -0.1) is 0 Å². The molecule has 7 heteroatoms. The van der Waals surface area contributed by atoms with E-state index in [4.69, 9.17) is 4.74 Å². The molecule has 1 aliphatic rings. The van der Waals surface area contributed by atoms with Crippen LogP contribution in [0.3, 0.4) is 0 Å². The highest BCUT2D eigenvalue weighted by atomic mass is 16.5. The number of hydrogen-bond donors (Lipinski definition) is 3. The van der Waals surface area contributed by atoms with Gasteiger partial charge in [-0.3, -0.25) is 9.59 Å². The molecule has 156 valence electrons. The maximum Gasteiger partial charge on any atom is 0.310 e. The molecule has 3 N–H and O–H groups in total. The van der Waals surface area contributed by atoms with Crippen molar-refractivity contribution in [2.24, 2.45) is 0 Å². The summed E-state index contributed by atoms with van der Waals surface area (Å²) in [6, 6.07) is 14.5. The summed E-state index contributed by atoms with van der Waals surface area (Å²) in [5.41, 5.74) is 2.68. The van der Waals surface area contributed by atoms with Crippen LogP contribution < -0.4 is 15.4 Å². The molecule has 0 saturated carbocycles. The van der Waals surface area contributed by atoms with E-state index in [2.05, 4.69) is 16.7 Å². The smallest absolute Gasteiger partial charge is 0.310 e. The molecule has 1 aliphatic heterocycles. The van der Waals surface area contributed by atoms with Crippen LogP contribution in [0.1, 0.15) is 42.9 Å². The van der Waals surface area contributed by atoms with Gasteiger partial charge in [0.2, 0.25) is 0 Å². The Labute approximate surface area is 175 Å². The number of nitriles is 1. The first-order valence-electron chi connectivity index (χ1n) is 10.00. The van der Waals surface area contributed by atoms with Crippen molar-refractivity contribution in [3.8, 4) is 11.8 Å². The van der Waals surface area contributed by atoms with Crippen LogP contribution in [0.25, 0.3) is 0 Å². The lowest BCUT2D eigenvalue weighted by atomic mass is 9.98. The van der Waals surface area contributed by atoms with Gasteiger partial charge in [0.25, 0.3) is 5.91 Å². The van der Waals surface area contributed by atoms with Crippen LogP contribution in [0.4, 0.5) is 5.69 Å². The number of para-hydroxylation sites is 1. The second-order valence-corrected chi connectivity index (χ2v) is 7.35. The van der Waals surface area contributed by atoms with Crippen LogP contribution in [0, 0.1) is 11.3 Å². The average Bonchev–Trinajstić information content (AvgIpc) is 2.75. The van der Waals surface area contributed by atoms with E-state index in [1.54, 1.807) is 25.1 Å². The highest BCUT2D eigenvalue weighted by Gasteiger charge is 2.34. The van der Waals surface area contributed by atoms with Crippen molar-refractivity contribution in [1.29, 1.82) is 5.26 Å². The summed E-state index contributed by atoms with van der Waals surface area (Å²) in [5, 5.41) is 24.7. The Balaban J connectivity index is 1.65. The van der Waals surface area contributed by atoms with Crippen molar-refractivity contribution < 1.29 is 19.4 Å². The minimum Gasteiger partial charge on any atom is -0.481 e. The molecule has 0 spiro atoms. The van der Waals surface area contributed by atoms with Gasteiger partial charge in [0.1, 0.15) is 6.07 Å². The summed E-state index contributed by atoms with van der Waals surface area (Å²) in [5.74, 6) is -1.25. The minimum absolute atomic E-state index is 0.231. The molecular formula is C23H25N3O4. The molecule has 0 radical (unpaired) electrons. The molecular weight excluding hydrogens is 382 g/mol. The third kappa shape index (κ3) is 4.61. The number of carboxylic acid groups (broad SMARTS) is 1. The normalized spacial score (nSPS) is 17.1. The van der Waals surface area contributed by atoms with Gasteiger partial charge >= 0.3 is 5.97 Å². The van der Waals surface area contributed by atoms with E-state index in [-0.39, 0.29) is 11.9 Å². The van der Waals surface area contributed by atoms with E-state index in [0.29, 0.717) is 36.4 Å². The number of carbonyl (C=O) groups excluding carboxylic acids is 1. The quantitative estimate of drug-likeness (QED) is 0.620. The number of carboxylic acids is 1. The number of nitrogens with zero attached hydrogens (tertiary/aromatic N) is 1. The van der Waals surface area contributed by atoms with Crippen molar-refractivity contribution >= 4 is 17.6 Å². The molecule has 0 fully saturated rings. The topological polar surface area (TPSA) is 111 Å². The summed E-state index contributed by atoms with van der Waals surface area (Å²) in [7, 11) is 0. The van der Waals surface area contributed by atoms with Crippen LogP contribution >= 0.6 is 0 Å². The first-order valence-corrected chi connectivity index (χ1v) is 10.00. The molecule has 1 amide bonds. The van der Waals surface area contributed by atoms with E-state index in [0.717, 1.165) is 11.1 Å². The fourth-order valence-corrected chi connectivity index (χ4v) is 3.53. The highest BCUT2D eigenvalue weighted by molar-refractivity contribution is 5.98. The largest absolute Gasteiger partial charge is 0.481 e. The molecule has 0 aliphatic carbocycles. The number of carbonyl (C=O) groups is 2. The van der Waals surface area contributed by atoms with Crippen LogP contribution in [-0.4, -0.2) is 35.7 Å². The van der Waals surface area contributed by atoms with Crippen LogP contribution in [-0.2, 0) is 16.0 Å². The predicted molar refractivity (Wildman–Crippen MR) is 112 cm³/mol. The number of benzene rings is 2. The highest BCUT2D eigenvalue weighted by Crippen LogP contribution is 2.33. The van der Waals surface area contributed by atoms with Crippen LogP contribution in [0.2, 0.25) is 0 Å². The first kappa shape index (κ1) is 21.3. The summed E-state index contributed by atoms with van der Waals surface area (Å²) in [6.07, 6.45) is 0.610. The van der Waals surface area contributed by atoms with Crippen LogP contribution in [0.15, 0.2) is 42.5 Å². The third-order valence-electron chi connectivity index (χ3n) is 5.34. The second-order valence-electron chi connectivity index (χ2n) is 7.35. The molecule has 0 bridgehead atoms. The minimum atomic E-state index is -0.853. The average molecular weight is 407 g/mol. The molecule has 0 aromatic heterocycles. The lowest BCUT2D eigenvalue weighted by molar-refractivity contribution is -0.138. The van der Waals surface area contributed by atoms with Gasteiger partial charge in [-0.2, -0.15) is 5.26 Å². The zero-order chi connectivity index (χ0) is 21.7. The van der Waals surface area contributed by atoms with E-state index in [9.17, 15) is 20.0 Å². The number of rotatable bonds is 8. The maximum atomic E-state index is 12.6. The zero-order valence-electron chi connectivity index (χ0n) is 17.0. The summed E-state index contributed by atoms with van der Waals surface area (Å²) in [4.78, 5) is 23.8. The van der Waals surface area contributed by atoms with Gasteiger partial charge in [-0.1, -0.05) is 37.3 Å². The number of hydrogen-bond acceptors (Lipinski definition) is 5. The molecule has 1 heterocycles. The summed E-state index contributed by atoms with van der Waals surface area (Å²) >= 11 is 0. The molecule has 3 atom stereocenters. The first-order chi connectivity index (χ1) is 14.4. The fraction of sp³-hybridized carbons (Fsp3) is 0.348. The van der Waals surface area contributed by atoms with E-state index >= 15 is 0 Å². The molecule has 2 aromatic carbocycles. The molecule has 2 aromatic rings. The van der Waals surface area contributed by atoms with Crippen molar-refractivity contribution in [2.45, 2.75) is 44.8 Å². The Morgan fingerprint density at radius 3 is 2.80 bits per heavy atom. The Morgan fingerprint density at radius 2 is 2.10 bits per heavy atom. The van der Waals surface area contributed by atoms with Gasteiger partial charge in [0.05, 0.1) is 23.2 Å². The SMILES string of the molecule is CC[C@@H](NCCc1cccc(C(C)C(=O)O)c1)[C@@H]1Oc2c(C#N)cccc2NC1=O. The Kier molecular flexibility index (Phi) is 6.70. The van der Waals surface area contributed by atoms with Gasteiger partial charge in [0, 0.05) is 0 Å². The zero-order valence-corrected chi connectivity index (χ0v) is 17.0. The third-order valence-corrected chi connectivity index (χ3v) is 5.34. The fourth-order valence-electron chi connectivity index (χ4n) is 3.53. The monoisotopic (exact) mass is 407 g/mol.